The first-order valence-corrected chi connectivity index (χ1v) is 9.81. The standard InChI is InChI=1S/C18H14BrN3O3S/c19-14-6-8-15(9-7-14)22-26(24,25)17-5-1-3-13(11-17)18(23)21-16-4-2-10-20-12-16/h1-12,22H,(H,21,23). The van der Waals surface area contributed by atoms with Crippen LogP contribution in [-0.2, 0) is 10.0 Å². The molecule has 0 radical (unpaired) electrons. The molecule has 0 fully saturated rings. The Morgan fingerprint density at radius 3 is 2.42 bits per heavy atom. The monoisotopic (exact) mass is 431 g/mol. The van der Waals surface area contributed by atoms with Crippen LogP contribution in [0.2, 0.25) is 0 Å². The van der Waals surface area contributed by atoms with Crippen LogP contribution in [0, 0.1) is 0 Å². The number of nitrogens with zero attached hydrogens (tertiary/aromatic N) is 1. The van der Waals surface area contributed by atoms with E-state index in [-0.39, 0.29) is 10.5 Å². The van der Waals surface area contributed by atoms with E-state index in [2.05, 4.69) is 31.0 Å². The second-order valence-corrected chi connectivity index (χ2v) is 7.93. The van der Waals surface area contributed by atoms with Crippen LogP contribution in [0.25, 0.3) is 0 Å². The van der Waals surface area contributed by atoms with Gasteiger partial charge in [0.1, 0.15) is 0 Å². The number of amides is 1. The van der Waals surface area contributed by atoms with Crippen LogP contribution in [0.3, 0.4) is 0 Å². The van der Waals surface area contributed by atoms with Crippen molar-refractivity contribution in [1.29, 1.82) is 0 Å². The average molecular weight is 432 g/mol. The Morgan fingerprint density at radius 1 is 0.962 bits per heavy atom. The van der Waals surface area contributed by atoms with Gasteiger partial charge in [-0.2, -0.15) is 0 Å². The summed E-state index contributed by atoms with van der Waals surface area (Å²) in [7, 11) is -3.81. The first kappa shape index (κ1) is 18.1. The lowest BCUT2D eigenvalue weighted by atomic mass is 10.2. The number of carbonyl (C=O) groups is 1. The number of anilines is 2. The number of carbonyl (C=O) groups excluding carboxylic acids is 1. The van der Waals surface area contributed by atoms with Crippen molar-refractivity contribution in [1.82, 2.24) is 4.98 Å². The first-order valence-electron chi connectivity index (χ1n) is 7.54. The molecular formula is C18H14BrN3O3S. The molecule has 0 aliphatic carbocycles. The van der Waals surface area contributed by atoms with Gasteiger partial charge in [0.25, 0.3) is 15.9 Å². The van der Waals surface area contributed by atoms with Gasteiger partial charge < -0.3 is 5.32 Å². The summed E-state index contributed by atoms with van der Waals surface area (Å²) in [6.07, 6.45) is 3.10. The van der Waals surface area contributed by atoms with E-state index >= 15 is 0 Å². The fraction of sp³-hybridized carbons (Fsp3) is 0. The van der Waals surface area contributed by atoms with Gasteiger partial charge in [-0.05, 0) is 54.6 Å². The molecule has 1 heterocycles. The van der Waals surface area contributed by atoms with E-state index in [1.54, 1.807) is 48.7 Å². The first-order chi connectivity index (χ1) is 12.4. The molecule has 3 rings (SSSR count). The molecule has 8 heteroatoms. The summed E-state index contributed by atoms with van der Waals surface area (Å²) in [5.74, 6) is -0.418. The third-order valence-electron chi connectivity index (χ3n) is 3.42. The SMILES string of the molecule is O=C(Nc1cccnc1)c1cccc(S(=O)(=O)Nc2ccc(Br)cc2)c1. The molecule has 0 saturated heterocycles. The van der Waals surface area contributed by atoms with Gasteiger partial charge in [0.15, 0.2) is 0 Å². The zero-order chi connectivity index (χ0) is 18.6. The van der Waals surface area contributed by atoms with Gasteiger partial charge in [0.05, 0.1) is 16.8 Å². The Bertz CT molecular complexity index is 1020. The Kier molecular flexibility index (Phi) is 5.34. The number of rotatable bonds is 5. The molecular weight excluding hydrogens is 418 g/mol. The third kappa shape index (κ3) is 4.47. The summed E-state index contributed by atoms with van der Waals surface area (Å²) >= 11 is 3.30. The zero-order valence-electron chi connectivity index (χ0n) is 13.4. The van der Waals surface area contributed by atoms with Gasteiger partial charge in [-0.25, -0.2) is 8.42 Å². The summed E-state index contributed by atoms with van der Waals surface area (Å²) in [6.45, 7) is 0. The molecule has 6 nitrogen and oxygen atoms in total. The summed E-state index contributed by atoms with van der Waals surface area (Å²) in [5, 5.41) is 2.67. The van der Waals surface area contributed by atoms with Gasteiger partial charge in [-0.1, -0.05) is 22.0 Å². The van der Waals surface area contributed by atoms with Crippen molar-refractivity contribution in [2.45, 2.75) is 4.90 Å². The lowest BCUT2D eigenvalue weighted by molar-refractivity contribution is 0.102. The maximum Gasteiger partial charge on any atom is 0.261 e. The summed E-state index contributed by atoms with van der Waals surface area (Å²) in [5.41, 5.74) is 1.18. The van der Waals surface area contributed by atoms with Crippen LogP contribution in [0.4, 0.5) is 11.4 Å². The number of pyridine rings is 1. The zero-order valence-corrected chi connectivity index (χ0v) is 15.8. The quantitative estimate of drug-likeness (QED) is 0.640. The van der Waals surface area contributed by atoms with E-state index in [1.807, 2.05) is 0 Å². The molecule has 0 aliphatic heterocycles. The van der Waals surface area contributed by atoms with Crippen molar-refractivity contribution in [3.63, 3.8) is 0 Å². The van der Waals surface area contributed by atoms with E-state index < -0.39 is 15.9 Å². The number of nitrogens with one attached hydrogen (secondary N) is 2. The van der Waals surface area contributed by atoms with E-state index in [9.17, 15) is 13.2 Å². The minimum Gasteiger partial charge on any atom is -0.321 e. The molecule has 0 unspecified atom stereocenters. The van der Waals surface area contributed by atoms with Crippen LogP contribution in [0.1, 0.15) is 10.4 Å². The molecule has 2 aromatic carbocycles. The van der Waals surface area contributed by atoms with Crippen molar-refractivity contribution in [2.75, 3.05) is 10.0 Å². The highest BCUT2D eigenvalue weighted by molar-refractivity contribution is 9.10. The minimum absolute atomic E-state index is 0.000689. The van der Waals surface area contributed by atoms with Gasteiger partial charge in [-0.3, -0.25) is 14.5 Å². The smallest absolute Gasteiger partial charge is 0.261 e. The summed E-state index contributed by atoms with van der Waals surface area (Å²) in [6, 6.07) is 16.0. The van der Waals surface area contributed by atoms with Gasteiger partial charge in [0, 0.05) is 21.9 Å². The molecule has 132 valence electrons. The normalized spacial score (nSPS) is 11.0. The number of aromatic nitrogens is 1. The number of benzene rings is 2. The van der Waals surface area contributed by atoms with Crippen molar-refractivity contribution in [3.8, 4) is 0 Å². The molecule has 0 atom stereocenters. The second-order valence-electron chi connectivity index (χ2n) is 5.34. The predicted molar refractivity (Wildman–Crippen MR) is 104 cm³/mol. The maximum absolute atomic E-state index is 12.6. The fourth-order valence-electron chi connectivity index (χ4n) is 2.18. The Hall–Kier alpha value is -2.71. The lowest BCUT2D eigenvalue weighted by Gasteiger charge is -2.10. The highest BCUT2D eigenvalue weighted by Crippen LogP contribution is 2.20. The van der Waals surface area contributed by atoms with Gasteiger partial charge in [0.2, 0.25) is 0 Å². The van der Waals surface area contributed by atoms with Crippen LogP contribution in [-0.4, -0.2) is 19.3 Å². The van der Waals surface area contributed by atoms with E-state index in [0.29, 0.717) is 11.4 Å². The molecule has 26 heavy (non-hydrogen) atoms. The maximum atomic E-state index is 12.6. The summed E-state index contributed by atoms with van der Waals surface area (Å²) < 4.78 is 28.4. The van der Waals surface area contributed by atoms with Crippen LogP contribution >= 0.6 is 15.9 Å². The molecule has 2 N–H and O–H groups in total. The highest BCUT2D eigenvalue weighted by Gasteiger charge is 2.16. The number of halogens is 1. The summed E-state index contributed by atoms with van der Waals surface area (Å²) in [4.78, 5) is 16.2. The van der Waals surface area contributed by atoms with E-state index in [1.165, 1.54) is 24.4 Å². The highest BCUT2D eigenvalue weighted by atomic mass is 79.9. The Labute approximate surface area is 159 Å². The Morgan fingerprint density at radius 2 is 1.73 bits per heavy atom. The van der Waals surface area contributed by atoms with Crippen molar-refractivity contribution >= 4 is 43.2 Å². The molecule has 0 bridgehead atoms. The third-order valence-corrected chi connectivity index (χ3v) is 5.33. The molecule has 1 amide bonds. The molecule has 0 aliphatic rings. The topological polar surface area (TPSA) is 88.2 Å². The molecule has 0 saturated carbocycles. The molecule has 3 aromatic rings. The van der Waals surface area contributed by atoms with E-state index in [0.717, 1.165) is 4.47 Å². The molecule has 0 spiro atoms. The fourth-order valence-corrected chi connectivity index (χ4v) is 3.54. The van der Waals surface area contributed by atoms with Crippen molar-refractivity contribution < 1.29 is 13.2 Å². The number of hydrogen-bond donors (Lipinski definition) is 2. The van der Waals surface area contributed by atoms with Crippen molar-refractivity contribution in [2.24, 2.45) is 0 Å². The van der Waals surface area contributed by atoms with Crippen LogP contribution in [0.15, 0.2) is 82.4 Å². The number of hydrogen-bond acceptors (Lipinski definition) is 4. The Balaban J connectivity index is 1.81. The second kappa shape index (κ2) is 7.67. The van der Waals surface area contributed by atoms with Crippen LogP contribution < -0.4 is 10.0 Å². The average Bonchev–Trinajstić information content (AvgIpc) is 2.64. The largest absolute Gasteiger partial charge is 0.321 e. The van der Waals surface area contributed by atoms with E-state index in [4.69, 9.17) is 0 Å². The number of sulfonamides is 1. The van der Waals surface area contributed by atoms with Gasteiger partial charge >= 0.3 is 0 Å². The predicted octanol–water partition coefficient (Wildman–Crippen LogP) is 3.90. The molecule has 1 aromatic heterocycles. The minimum atomic E-state index is -3.81. The van der Waals surface area contributed by atoms with Crippen molar-refractivity contribution in [3.05, 3.63) is 83.1 Å². The lowest BCUT2D eigenvalue weighted by Crippen LogP contribution is -2.16. The van der Waals surface area contributed by atoms with Gasteiger partial charge in [-0.15, -0.1) is 0 Å². The van der Waals surface area contributed by atoms with Crippen LogP contribution in [0.5, 0.6) is 0 Å².